The Morgan fingerprint density at radius 2 is 1.74 bits per heavy atom. The van der Waals surface area contributed by atoms with Crippen molar-refractivity contribution in [2.75, 3.05) is 29.3 Å². The van der Waals surface area contributed by atoms with Crippen LogP contribution in [0.25, 0.3) is 0 Å². The monoisotopic (exact) mass is 519 g/mol. The normalized spacial score (nSPS) is 16.4. The topological polar surface area (TPSA) is 90.0 Å². The molecule has 2 N–H and O–H groups in total. The van der Waals surface area contributed by atoms with Gasteiger partial charge in [0.05, 0.1) is 10.7 Å². The molecule has 1 fully saturated rings. The molecule has 4 rings (SSSR count). The summed E-state index contributed by atoms with van der Waals surface area (Å²) < 4.78 is 27.8. The minimum atomic E-state index is -3.92. The number of para-hydroxylation sites is 2. The van der Waals surface area contributed by atoms with E-state index in [0.29, 0.717) is 35.9 Å². The maximum Gasteiger partial charge on any atom is 0.263 e. The number of nitrogens with one attached hydrogen (secondary N) is 1. The number of carbonyl (C=O) groups excluding carboxylic acids is 1. The summed E-state index contributed by atoms with van der Waals surface area (Å²) in [6, 6.07) is 17.6. The van der Waals surface area contributed by atoms with Gasteiger partial charge in [-0.25, -0.2) is 8.42 Å². The van der Waals surface area contributed by atoms with Crippen LogP contribution in [0.4, 0.5) is 11.4 Å². The molecule has 7 nitrogen and oxygen atoms in total. The van der Waals surface area contributed by atoms with Gasteiger partial charge in [-0.3, -0.25) is 9.52 Å². The predicted octanol–water partition coefficient (Wildman–Crippen LogP) is 4.85. The molecule has 1 amide bonds. The average Bonchev–Trinajstić information content (AvgIpc) is 2.79. The lowest BCUT2D eigenvalue weighted by Crippen LogP contribution is -2.53. The first-order valence-corrected chi connectivity index (χ1v) is 12.8. The van der Waals surface area contributed by atoms with Crippen LogP contribution in [0.15, 0.2) is 71.6 Å². The van der Waals surface area contributed by atoms with Gasteiger partial charge in [0.25, 0.3) is 15.9 Å². The van der Waals surface area contributed by atoms with E-state index in [1.807, 2.05) is 19.1 Å². The lowest BCUT2D eigenvalue weighted by molar-refractivity contribution is 0.0726. The summed E-state index contributed by atoms with van der Waals surface area (Å²) in [5.74, 6) is 0.0750. The van der Waals surface area contributed by atoms with Crippen LogP contribution in [-0.2, 0) is 10.0 Å². The summed E-state index contributed by atoms with van der Waals surface area (Å²) in [5.41, 5.74) is 1.51. The van der Waals surface area contributed by atoms with Crippen LogP contribution < -0.4 is 9.62 Å². The van der Waals surface area contributed by atoms with Crippen molar-refractivity contribution in [1.29, 1.82) is 0 Å². The lowest BCUT2D eigenvalue weighted by atomic mass is 10.1. The summed E-state index contributed by atoms with van der Waals surface area (Å²) >= 11 is 11.9. The number of phenolic OH excluding ortho intramolecular Hbond substituents is 1. The van der Waals surface area contributed by atoms with E-state index in [4.69, 9.17) is 23.2 Å². The van der Waals surface area contributed by atoms with Gasteiger partial charge >= 0.3 is 0 Å². The van der Waals surface area contributed by atoms with Gasteiger partial charge in [0.15, 0.2) is 0 Å². The first-order chi connectivity index (χ1) is 16.2. The molecule has 1 saturated heterocycles. The fraction of sp³-hybridized carbons (Fsp3) is 0.208. The highest BCUT2D eigenvalue weighted by atomic mass is 35.5. The van der Waals surface area contributed by atoms with E-state index in [2.05, 4.69) is 9.62 Å². The van der Waals surface area contributed by atoms with Crippen molar-refractivity contribution in [1.82, 2.24) is 4.90 Å². The predicted molar refractivity (Wildman–Crippen MR) is 135 cm³/mol. The lowest BCUT2D eigenvalue weighted by Gasteiger charge is -2.41. The summed E-state index contributed by atoms with van der Waals surface area (Å²) in [6.07, 6.45) is 0. The number of hydrogen-bond acceptors (Lipinski definition) is 5. The van der Waals surface area contributed by atoms with Crippen molar-refractivity contribution >= 4 is 50.5 Å². The first kappa shape index (κ1) is 24.2. The Morgan fingerprint density at radius 3 is 2.38 bits per heavy atom. The summed E-state index contributed by atoms with van der Waals surface area (Å²) in [6.45, 7) is 3.59. The molecular formula is C24H23Cl2N3O4S. The molecule has 10 heteroatoms. The third-order valence-corrected chi connectivity index (χ3v) is 7.77. The Kier molecular flexibility index (Phi) is 6.93. The van der Waals surface area contributed by atoms with E-state index in [1.165, 1.54) is 30.3 Å². The van der Waals surface area contributed by atoms with E-state index < -0.39 is 10.0 Å². The second-order valence-electron chi connectivity index (χ2n) is 8.04. The molecule has 178 valence electrons. The number of amides is 1. The van der Waals surface area contributed by atoms with Crippen molar-refractivity contribution < 1.29 is 18.3 Å². The molecule has 0 radical (unpaired) electrons. The zero-order chi connectivity index (χ0) is 24.5. The van der Waals surface area contributed by atoms with Crippen molar-refractivity contribution in [3.63, 3.8) is 0 Å². The van der Waals surface area contributed by atoms with Crippen LogP contribution in [0, 0.1) is 0 Å². The molecule has 3 aromatic carbocycles. The number of benzene rings is 3. The second-order valence-corrected chi connectivity index (χ2v) is 10.5. The SMILES string of the molecule is CC1CN(C(=O)c2ccc(NS(=O)(=O)c3ccc(Cl)cc3Cl)cc2)CCN1c1ccccc1O. The van der Waals surface area contributed by atoms with Gasteiger partial charge in [0, 0.05) is 41.9 Å². The van der Waals surface area contributed by atoms with Crippen LogP contribution >= 0.6 is 23.2 Å². The Morgan fingerprint density at radius 1 is 1.03 bits per heavy atom. The number of nitrogens with zero attached hydrogens (tertiary/aromatic N) is 2. The molecule has 3 aromatic rings. The number of carbonyl (C=O) groups is 1. The van der Waals surface area contributed by atoms with Crippen LogP contribution in [0.1, 0.15) is 17.3 Å². The largest absolute Gasteiger partial charge is 0.506 e. The third kappa shape index (κ3) is 5.09. The minimum Gasteiger partial charge on any atom is -0.506 e. The molecule has 0 aliphatic carbocycles. The van der Waals surface area contributed by atoms with Crippen LogP contribution in [0.5, 0.6) is 5.75 Å². The molecule has 0 spiro atoms. The van der Waals surface area contributed by atoms with E-state index in [0.717, 1.165) is 5.69 Å². The molecule has 0 bridgehead atoms. The van der Waals surface area contributed by atoms with Gasteiger partial charge in [0.1, 0.15) is 10.6 Å². The van der Waals surface area contributed by atoms with Gasteiger partial charge in [-0.15, -0.1) is 0 Å². The van der Waals surface area contributed by atoms with Gasteiger partial charge in [-0.2, -0.15) is 0 Å². The Hall–Kier alpha value is -2.94. The number of piperazine rings is 1. The van der Waals surface area contributed by atoms with Crippen molar-refractivity contribution in [2.24, 2.45) is 0 Å². The molecule has 1 aliphatic rings. The van der Waals surface area contributed by atoms with Crippen molar-refractivity contribution in [2.45, 2.75) is 17.9 Å². The van der Waals surface area contributed by atoms with Gasteiger partial charge in [-0.05, 0) is 61.5 Å². The molecular weight excluding hydrogens is 497 g/mol. The molecule has 1 heterocycles. The number of phenols is 1. The van der Waals surface area contributed by atoms with Crippen LogP contribution in [-0.4, -0.2) is 50.0 Å². The van der Waals surface area contributed by atoms with Crippen molar-refractivity contribution in [3.8, 4) is 5.75 Å². The summed E-state index contributed by atoms with van der Waals surface area (Å²) in [5, 5.41) is 10.5. The van der Waals surface area contributed by atoms with E-state index in [-0.39, 0.29) is 27.6 Å². The quantitative estimate of drug-likeness (QED) is 0.502. The van der Waals surface area contributed by atoms with Crippen LogP contribution in [0.3, 0.4) is 0 Å². The minimum absolute atomic E-state index is 0.0150. The highest BCUT2D eigenvalue weighted by Crippen LogP contribution is 2.30. The zero-order valence-corrected chi connectivity index (χ0v) is 20.6. The summed E-state index contributed by atoms with van der Waals surface area (Å²) in [7, 11) is -3.92. The molecule has 0 saturated carbocycles. The van der Waals surface area contributed by atoms with Gasteiger partial charge < -0.3 is 14.9 Å². The number of rotatable bonds is 5. The number of aromatic hydroxyl groups is 1. The Labute approximate surface area is 208 Å². The fourth-order valence-electron chi connectivity index (χ4n) is 3.97. The van der Waals surface area contributed by atoms with E-state index in [1.54, 1.807) is 29.2 Å². The highest BCUT2D eigenvalue weighted by Gasteiger charge is 2.28. The number of sulfonamides is 1. The Balaban J connectivity index is 1.43. The van der Waals surface area contributed by atoms with E-state index in [9.17, 15) is 18.3 Å². The molecule has 34 heavy (non-hydrogen) atoms. The maximum absolute atomic E-state index is 13.0. The third-order valence-electron chi connectivity index (χ3n) is 5.67. The summed E-state index contributed by atoms with van der Waals surface area (Å²) in [4.78, 5) is 16.8. The molecule has 1 atom stereocenters. The second kappa shape index (κ2) is 9.74. The first-order valence-electron chi connectivity index (χ1n) is 10.6. The fourth-order valence-corrected chi connectivity index (χ4v) is 5.81. The molecule has 1 aliphatic heterocycles. The highest BCUT2D eigenvalue weighted by molar-refractivity contribution is 7.92. The number of hydrogen-bond donors (Lipinski definition) is 2. The smallest absolute Gasteiger partial charge is 0.263 e. The number of anilines is 2. The van der Waals surface area contributed by atoms with Crippen LogP contribution in [0.2, 0.25) is 10.0 Å². The van der Waals surface area contributed by atoms with E-state index >= 15 is 0 Å². The maximum atomic E-state index is 13.0. The number of halogens is 2. The Bertz CT molecular complexity index is 1320. The van der Waals surface area contributed by atoms with Crippen molar-refractivity contribution in [3.05, 3.63) is 82.3 Å². The average molecular weight is 520 g/mol. The van der Waals surface area contributed by atoms with Gasteiger partial charge in [0.2, 0.25) is 0 Å². The molecule has 0 aromatic heterocycles. The zero-order valence-electron chi connectivity index (χ0n) is 18.3. The standard InChI is InChI=1S/C24H23Cl2N3O4S/c1-16-15-28(12-13-29(16)21-4-2-3-5-22(21)30)24(31)17-6-9-19(10-7-17)27-34(32,33)23-11-8-18(25)14-20(23)26/h2-11,14,16,27,30H,12-13,15H2,1H3. The van der Waals surface area contributed by atoms with Gasteiger partial charge in [-0.1, -0.05) is 35.3 Å². The molecule has 1 unspecified atom stereocenters.